The van der Waals surface area contributed by atoms with Crippen molar-refractivity contribution < 1.29 is 9.52 Å². The Morgan fingerprint density at radius 2 is 2.29 bits per heavy atom. The summed E-state index contributed by atoms with van der Waals surface area (Å²) in [5, 5.41) is 13.5. The van der Waals surface area contributed by atoms with E-state index in [1.54, 1.807) is 11.3 Å². The zero-order chi connectivity index (χ0) is 12.3. The third-order valence-corrected chi connectivity index (χ3v) is 3.46. The van der Waals surface area contributed by atoms with Crippen LogP contribution in [0.5, 0.6) is 5.75 Å². The molecule has 2 heterocycles. The Kier molecular flexibility index (Phi) is 3.64. The van der Waals surface area contributed by atoms with Gasteiger partial charge in [-0.25, -0.2) is 4.79 Å². The molecule has 4 heteroatoms. The van der Waals surface area contributed by atoms with E-state index in [1.807, 2.05) is 12.3 Å². The van der Waals surface area contributed by atoms with Gasteiger partial charge in [-0.05, 0) is 35.2 Å². The maximum atomic E-state index is 11.2. The van der Waals surface area contributed by atoms with Crippen molar-refractivity contribution >= 4 is 11.3 Å². The Morgan fingerprint density at radius 3 is 2.88 bits per heavy atom. The summed E-state index contributed by atoms with van der Waals surface area (Å²) in [6.07, 6.45) is 1.69. The van der Waals surface area contributed by atoms with E-state index in [0.29, 0.717) is 5.76 Å². The summed E-state index contributed by atoms with van der Waals surface area (Å²) < 4.78 is 5.15. The fourth-order valence-electron chi connectivity index (χ4n) is 1.82. The van der Waals surface area contributed by atoms with Crippen LogP contribution in [0.15, 0.2) is 38.2 Å². The average molecular weight is 250 g/mol. The van der Waals surface area contributed by atoms with Crippen molar-refractivity contribution in [3.63, 3.8) is 0 Å². The third-order valence-electron chi connectivity index (χ3n) is 2.73. The van der Waals surface area contributed by atoms with Crippen LogP contribution in [0, 0.1) is 0 Å². The molecule has 0 bridgehead atoms. The lowest BCUT2D eigenvalue weighted by Crippen LogP contribution is -2.06. The standard InChI is InChI=1S/C13H14O3S/c1-2-10(5-9-3-4-17-8-9)12-6-11(14)7-13(15)16-12/h3-4,6-8,10,14H,2,5H2,1H3. The van der Waals surface area contributed by atoms with Crippen molar-refractivity contribution in [3.05, 3.63) is 50.7 Å². The van der Waals surface area contributed by atoms with Crippen LogP contribution in [-0.4, -0.2) is 5.11 Å². The van der Waals surface area contributed by atoms with E-state index in [4.69, 9.17) is 4.42 Å². The molecule has 1 N–H and O–H groups in total. The molecule has 0 fully saturated rings. The first-order chi connectivity index (χ1) is 8.19. The molecular weight excluding hydrogens is 236 g/mol. The maximum Gasteiger partial charge on any atom is 0.339 e. The highest BCUT2D eigenvalue weighted by atomic mass is 32.1. The average Bonchev–Trinajstić information content (AvgIpc) is 2.77. The monoisotopic (exact) mass is 250 g/mol. The third kappa shape index (κ3) is 2.97. The van der Waals surface area contributed by atoms with Crippen LogP contribution in [0.3, 0.4) is 0 Å². The van der Waals surface area contributed by atoms with Crippen LogP contribution in [0.25, 0.3) is 0 Å². The van der Waals surface area contributed by atoms with Gasteiger partial charge in [0.25, 0.3) is 0 Å². The minimum absolute atomic E-state index is 0.0278. The zero-order valence-corrected chi connectivity index (χ0v) is 10.4. The SMILES string of the molecule is CCC(Cc1ccsc1)c1cc(O)cc(=O)o1. The normalized spacial score (nSPS) is 12.5. The van der Waals surface area contributed by atoms with Gasteiger partial charge >= 0.3 is 5.63 Å². The second kappa shape index (κ2) is 5.19. The van der Waals surface area contributed by atoms with Crippen LogP contribution in [0.1, 0.15) is 30.6 Å². The van der Waals surface area contributed by atoms with Gasteiger partial charge in [-0.1, -0.05) is 6.92 Å². The lowest BCUT2D eigenvalue weighted by molar-refractivity contribution is 0.394. The predicted molar refractivity (Wildman–Crippen MR) is 67.7 cm³/mol. The number of hydrogen-bond donors (Lipinski definition) is 1. The molecule has 2 rings (SSSR count). The van der Waals surface area contributed by atoms with Gasteiger partial charge in [0.1, 0.15) is 11.5 Å². The minimum atomic E-state index is -0.497. The summed E-state index contributed by atoms with van der Waals surface area (Å²) in [6.45, 7) is 2.04. The molecule has 0 saturated heterocycles. The maximum absolute atomic E-state index is 11.2. The summed E-state index contributed by atoms with van der Waals surface area (Å²) in [4.78, 5) is 11.2. The smallest absolute Gasteiger partial charge is 0.339 e. The minimum Gasteiger partial charge on any atom is -0.508 e. The Bertz CT molecular complexity index is 528. The molecule has 0 saturated carbocycles. The first kappa shape index (κ1) is 11.9. The summed E-state index contributed by atoms with van der Waals surface area (Å²) in [7, 11) is 0. The molecule has 2 aromatic heterocycles. The van der Waals surface area contributed by atoms with Crippen LogP contribution in [0.4, 0.5) is 0 Å². The van der Waals surface area contributed by atoms with Gasteiger partial charge in [-0.2, -0.15) is 11.3 Å². The van der Waals surface area contributed by atoms with E-state index in [9.17, 15) is 9.90 Å². The molecule has 2 aromatic rings. The highest BCUT2D eigenvalue weighted by Crippen LogP contribution is 2.26. The molecule has 17 heavy (non-hydrogen) atoms. The first-order valence-corrected chi connectivity index (χ1v) is 6.48. The van der Waals surface area contributed by atoms with Gasteiger partial charge in [0.15, 0.2) is 0 Å². The fourth-order valence-corrected chi connectivity index (χ4v) is 2.51. The van der Waals surface area contributed by atoms with Gasteiger partial charge in [0.05, 0.1) is 6.07 Å². The Labute approximate surface area is 103 Å². The molecule has 90 valence electrons. The molecular formula is C13H14O3S. The van der Waals surface area contributed by atoms with Gasteiger partial charge in [-0.15, -0.1) is 0 Å². The molecule has 3 nitrogen and oxygen atoms in total. The largest absolute Gasteiger partial charge is 0.508 e. The van der Waals surface area contributed by atoms with Crippen molar-refractivity contribution in [2.24, 2.45) is 0 Å². The quantitative estimate of drug-likeness (QED) is 0.906. The Morgan fingerprint density at radius 1 is 1.47 bits per heavy atom. The number of aromatic hydroxyl groups is 1. The topological polar surface area (TPSA) is 50.4 Å². The van der Waals surface area contributed by atoms with E-state index >= 15 is 0 Å². The molecule has 1 unspecified atom stereocenters. The summed E-state index contributed by atoms with van der Waals surface area (Å²) >= 11 is 1.65. The molecule has 0 amide bonds. The van der Waals surface area contributed by atoms with Gasteiger partial charge < -0.3 is 9.52 Å². The first-order valence-electron chi connectivity index (χ1n) is 5.54. The van der Waals surface area contributed by atoms with Crippen molar-refractivity contribution in [2.75, 3.05) is 0 Å². The number of rotatable bonds is 4. The van der Waals surface area contributed by atoms with Crippen molar-refractivity contribution in [1.29, 1.82) is 0 Å². The zero-order valence-electron chi connectivity index (χ0n) is 9.55. The molecule has 0 aliphatic carbocycles. The van der Waals surface area contributed by atoms with E-state index < -0.39 is 5.63 Å². The second-order valence-electron chi connectivity index (χ2n) is 3.98. The van der Waals surface area contributed by atoms with Crippen molar-refractivity contribution in [1.82, 2.24) is 0 Å². The highest BCUT2D eigenvalue weighted by Gasteiger charge is 2.14. The molecule has 0 aliphatic heterocycles. The van der Waals surface area contributed by atoms with E-state index in [2.05, 4.69) is 11.4 Å². The summed E-state index contributed by atoms with van der Waals surface area (Å²) in [5.74, 6) is 0.660. The number of thiophene rings is 1. The second-order valence-corrected chi connectivity index (χ2v) is 4.76. The van der Waals surface area contributed by atoms with E-state index in [0.717, 1.165) is 18.9 Å². The Hall–Kier alpha value is -1.55. The predicted octanol–water partition coefficient (Wildman–Crippen LogP) is 3.14. The van der Waals surface area contributed by atoms with Gasteiger partial charge in [0.2, 0.25) is 0 Å². The van der Waals surface area contributed by atoms with Crippen LogP contribution >= 0.6 is 11.3 Å². The van der Waals surface area contributed by atoms with E-state index in [1.165, 1.54) is 11.6 Å². The van der Waals surface area contributed by atoms with Crippen molar-refractivity contribution in [2.45, 2.75) is 25.7 Å². The molecule has 0 spiro atoms. The van der Waals surface area contributed by atoms with Gasteiger partial charge in [-0.3, -0.25) is 0 Å². The lowest BCUT2D eigenvalue weighted by atomic mass is 9.95. The highest BCUT2D eigenvalue weighted by molar-refractivity contribution is 7.07. The van der Waals surface area contributed by atoms with Gasteiger partial charge in [0, 0.05) is 12.0 Å². The van der Waals surface area contributed by atoms with Crippen molar-refractivity contribution in [3.8, 4) is 5.75 Å². The van der Waals surface area contributed by atoms with Crippen LogP contribution in [0.2, 0.25) is 0 Å². The van der Waals surface area contributed by atoms with Crippen LogP contribution < -0.4 is 5.63 Å². The Balaban J connectivity index is 2.25. The summed E-state index contributed by atoms with van der Waals surface area (Å²) in [5.41, 5.74) is 0.733. The summed E-state index contributed by atoms with van der Waals surface area (Å²) in [6, 6.07) is 4.68. The molecule has 0 radical (unpaired) electrons. The van der Waals surface area contributed by atoms with E-state index in [-0.39, 0.29) is 11.7 Å². The molecule has 1 atom stereocenters. The van der Waals surface area contributed by atoms with Crippen LogP contribution in [-0.2, 0) is 6.42 Å². The molecule has 0 aromatic carbocycles. The fraction of sp³-hybridized carbons (Fsp3) is 0.308. The lowest BCUT2D eigenvalue weighted by Gasteiger charge is -2.12. The number of hydrogen-bond acceptors (Lipinski definition) is 4. The molecule has 0 aliphatic rings.